The molecular weight excluding hydrogens is 465 g/mol. The molecule has 0 spiro atoms. The van der Waals surface area contributed by atoms with Gasteiger partial charge >= 0.3 is 0 Å². The number of rotatable bonds is 6. The molecule has 0 N–H and O–H groups in total. The van der Waals surface area contributed by atoms with Crippen molar-refractivity contribution < 1.29 is 9.13 Å². The van der Waals surface area contributed by atoms with Gasteiger partial charge in [-0.2, -0.15) is 9.78 Å². The van der Waals surface area contributed by atoms with Crippen LogP contribution in [-0.2, 0) is 6.61 Å². The quantitative estimate of drug-likeness (QED) is 0.266. The lowest BCUT2D eigenvalue weighted by molar-refractivity contribution is 0.305. The molecule has 0 aliphatic rings. The molecular formula is C28H19ClFN3O2. The number of halogens is 2. The minimum absolute atomic E-state index is 0.160. The molecule has 4 aromatic carbocycles. The lowest BCUT2D eigenvalue weighted by atomic mass is 10.2. The van der Waals surface area contributed by atoms with E-state index in [9.17, 15) is 9.18 Å². The van der Waals surface area contributed by atoms with Crippen molar-refractivity contribution in [1.82, 2.24) is 9.66 Å². The van der Waals surface area contributed by atoms with E-state index in [4.69, 9.17) is 21.3 Å². The van der Waals surface area contributed by atoms with Crippen LogP contribution >= 0.6 is 11.6 Å². The van der Waals surface area contributed by atoms with Gasteiger partial charge in [0.2, 0.25) is 0 Å². The highest BCUT2D eigenvalue weighted by molar-refractivity contribution is 6.30. The van der Waals surface area contributed by atoms with Gasteiger partial charge in [-0.3, -0.25) is 4.79 Å². The molecule has 5 nitrogen and oxygen atoms in total. The van der Waals surface area contributed by atoms with E-state index in [1.807, 2.05) is 36.4 Å². The third-order valence-electron chi connectivity index (χ3n) is 5.35. The summed E-state index contributed by atoms with van der Waals surface area (Å²) >= 11 is 6.23. The smallest absolute Gasteiger partial charge is 0.282 e. The molecule has 7 heteroatoms. The number of nitrogens with zero attached hydrogens (tertiary/aromatic N) is 3. The molecule has 0 aliphatic heterocycles. The summed E-state index contributed by atoms with van der Waals surface area (Å²) in [4.78, 5) is 18.1. The van der Waals surface area contributed by atoms with Crippen LogP contribution in [0.1, 0.15) is 11.1 Å². The van der Waals surface area contributed by atoms with E-state index < -0.39 is 0 Å². The van der Waals surface area contributed by atoms with Crippen LogP contribution in [0.3, 0.4) is 0 Å². The Bertz CT molecular complexity index is 1600. The van der Waals surface area contributed by atoms with Gasteiger partial charge in [-0.15, -0.1) is 0 Å². The summed E-state index contributed by atoms with van der Waals surface area (Å²) in [7, 11) is 0. The molecule has 0 bridgehead atoms. The highest BCUT2D eigenvalue weighted by Gasteiger charge is 2.12. The maximum absolute atomic E-state index is 13.5. The second-order valence-corrected chi connectivity index (χ2v) is 8.22. The first-order chi connectivity index (χ1) is 17.1. The van der Waals surface area contributed by atoms with Gasteiger partial charge in [0, 0.05) is 16.1 Å². The Morgan fingerprint density at radius 3 is 2.57 bits per heavy atom. The average molecular weight is 484 g/mol. The van der Waals surface area contributed by atoms with Crippen molar-refractivity contribution in [3.8, 4) is 17.1 Å². The Labute approximate surface area is 205 Å². The Hall–Kier alpha value is -4.29. The fourth-order valence-electron chi connectivity index (χ4n) is 3.66. The summed E-state index contributed by atoms with van der Waals surface area (Å²) in [5, 5.41) is 5.43. The molecule has 0 saturated heterocycles. The largest absolute Gasteiger partial charge is 0.488 e. The van der Waals surface area contributed by atoms with Crippen molar-refractivity contribution in [3.05, 3.63) is 129 Å². The number of para-hydroxylation sites is 1. The van der Waals surface area contributed by atoms with Crippen molar-refractivity contribution in [2.24, 2.45) is 5.10 Å². The first-order valence-corrected chi connectivity index (χ1v) is 11.2. The number of hydrogen-bond donors (Lipinski definition) is 0. The normalized spacial score (nSPS) is 11.3. The van der Waals surface area contributed by atoms with Crippen LogP contribution in [0.4, 0.5) is 4.39 Å². The average Bonchev–Trinajstić information content (AvgIpc) is 2.88. The third kappa shape index (κ3) is 4.98. The highest BCUT2D eigenvalue weighted by Crippen LogP contribution is 2.24. The Kier molecular flexibility index (Phi) is 6.37. The number of aromatic nitrogens is 2. The first-order valence-electron chi connectivity index (χ1n) is 10.9. The Morgan fingerprint density at radius 2 is 1.74 bits per heavy atom. The maximum atomic E-state index is 13.5. The van der Waals surface area contributed by atoms with Crippen LogP contribution in [0.25, 0.3) is 22.3 Å². The molecule has 172 valence electrons. The minimum Gasteiger partial charge on any atom is -0.488 e. The lowest BCUT2D eigenvalue weighted by Crippen LogP contribution is -2.20. The molecule has 5 aromatic rings. The van der Waals surface area contributed by atoms with E-state index in [2.05, 4.69) is 5.10 Å². The Balaban J connectivity index is 1.56. The van der Waals surface area contributed by atoms with Gasteiger partial charge in [0.05, 0.1) is 17.1 Å². The number of benzene rings is 4. The minimum atomic E-state index is -0.333. The molecule has 0 amide bonds. The molecule has 1 heterocycles. The maximum Gasteiger partial charge on any atom is 0.282 e. The van der Waals surface area contributed by atoms with Gasteiger partial charge < -0.3 is 4.74 Å². The van der Waals surface area contributed by atoms with Crippen molar-refractivity contribution in [1.29, 1.82) is 0 Å². The van der Waals surface area contributed by atoms with Crippen molar-refractivity contribution in [2.45, 2.75) is 6.61 Å². The van der Waals surface area contributed by atoms with Crippen LogP contribution in [0.2, 0.25) is 5.02 Å². The van der Waals surface area contributed by atoms with Crippen LogP contribution < -0.4 is 10.3 Å². The van der Waals surface area contributed by atoms with Gasteiger partial charge in [0.15, 0.2) is 5.82 Å². The molecule has 0 saturated carbocycles. The number of fused-ring (bicyclic) bond motifs is 1. The van der Waals surface area contributed by atoms with Gasteiger partial charge in [0.1, 0.15) is 18.2 Å². The molecule has 5 rings (SSSR count). The predicted molar refractivity (Wildman–Crippen MR) is 137 cm³/mol. The lowest BCUT2D eigenvalue weighted by Gasteiger charge is -2.11. The van der Waals surface area contributed by atoms with Gasteiger partial charge in [-0.1, -0.05) is 66.2 Å². The third-order valence-corrected chi connectivity index (χ3v) is 5.59. The zero-order valence-corrected chi connectivity index (χ0v) is 19.2. The second-order valence-electron chi connectivity index (χ2n) is 7.78. The van der Waals surface area contributed by atoms with Crippen LogP contribution in [0.5, 0.6) is 5.75 Å². The summed E-state index contributed by atoms with van der Waals surface area (Å²) < 4.78 is 20.7. The summed E-state index contributed by atoms with van der Waals surface area (Å²) in [5.74, 6) is 0.570. The number of ether oxygens (including phenoxy) is 1. The number of hydrogen-bond acceptors (Lipinski definition) is 4. The van der Waals surface area contributed by atoms with E-state index in [1.165, 1.54) is 23.0 Å². The van der Waals surface area contributed by atoms with E-state index in [1.54, 1.807) is 48.5 Å². The molecule has 35 heavy (non-hydrogen) atoms. The topological polar surface area (TPSA) is 56.5 Å². The summed E-state index contributed by atoms with van der Waals surface area (Å²) in [6.45, 7) is 0.160. The van der Waals surface area contributed by atoms with E-state index >= 15 is 0 Å². The van der Waals surface area contributed by atoms with Gasteiger partial charge in [0.25, 0.3) is 5.56 Å². The van der Waals surface area contributed by atoms with Crippen molar-refractivity contribution >= 4 is 28.7 Å². The predicted octanol–water partition coefficient (Wildman–Crippen LogP) is 6.32. The summed E-state index contributed by atoms with van der Waals surface area (Å²) in [6, 6.07) is 27.8. The standard InChI is InChI=1S/C28H19ClFN3O2/c29-22-13-14-26(35-18-19-7-6-10-23(30)15-19)21(16-22)17-31-33-27(20-8-2-1-3-9-20)32-25-12-5-4-11-24(25)28(33)34/h1-17H,18H2. The molecule has 0 atom stereocenters. The summed E-state index contributed by atoms with van der Waals surface area (Å²) in [5.41, 5.74) is 2.29. The monoisotopic (exact) mass is 483 g/mol. The fraction of sp³-hybridized carbons (Fsp3) is 0.0357. The van der Waals surface area contributed by atoms with Gasteiger partial charge in [-0.25, -0.2) is 9.37 Å². The molecule has 0 unspecified atom stereocenters. The van der Waals surface area contributed by atoms with Crippen LogP contribution in [0.15, 0.2) is 107 Å². The zero-order chi connectivity index (χ0) is 24.2. The Morgan fingerprint density at radius 1 is 0.943 bits per heavy atom. The van der Waals surface area contributed by atoms with Crippen LogP contribution in [0, 0.1) is 5.82 Å². The fourth-order valence-corrected chi connectivity index (χ4v) is 3.84. The van der Waals surface area contributed by atoms with E-state index in [-0.39, 0.29) is 18.0 Å². The first kappa shape index (κ1) is 22.5. The molecule has 0 aliphatic carbocycles. The van der Waals surface area contributed by atoms with Gasteiger partial charge in [-0.05, 0) is 48.0 Å². The van der Waals surface area contributed by atoms with Crippen molar-refractivity contribution in [2.75, 3.05) is 0 Å². The summed E-state index contributed by atoms with van der Waals surface area (Å²) in [6.07, 6.45) is 1.51. The molecule has 0 radical (unpaired) electrons. The highest BCUT2D eigenvalue weighted by atomic mass is 35.5. The van der Waals surface area contributed by atoms with Crippen LogP contribution in [-0.4, -0.2) is 15.9 Å². The molecule has 1 aromatic heterocycles. The molecule has 0 fully saturated rings. The second kappa shape index (κ2) is 9.91. The van der Waals surface area contributed by atoms with E-state index in [0.717, 1.165) is 5.56 Å². The van der Waals surface area contributed by atoms with Crippen molar-refractivity contribution in [3.63, 3.8) is 0 Å². The van der Waals surface area contributed by atoms with E-state index in [0.29, 0.717) is 38.6 Å². The SMILES string of the molecule is O=c1c2ccccc2nc(-c2ccccc2)n1N=Cc1cc(Cl)ccc1OCc1cccc(F)c1. The zero-order valence-electron chi connectivity index (χ0n) is 18.4.